The molecule has 0 saturated carbocycles. The molecule has 1 N–H and O–H groups in total. The van der Waals surface area contributed by atoms with Crippen LogP contribution in [0.25, 0.3) is 4.96 Å². The number of benzene rings is 1. The van der Waals surface area contributed by atoms with Gasteiger partial charge in [0.05, 0.1) is 0 Å². The molecular weight excluding hydrogens is 308 g/mol. The summed E-state index contributed by atoms with van der Waals surface area (Å²) in [6.45, 7) is 4.27. The maximum atomic E-state index is 12.3. The second-order valence-corrected chi connectivity index (χ2v) is 7.07. The fourth-order valence-electron chi connectivity index (χ4n) is 2.95. The van der Waals surface area contributed by atoms with E-state index in [0.717, 1.165) is 23.7 Å². The normalized spacial score (nSPS) is 14.6. The van der Waals surface area contributed by atoms with Crippen molar-refractivity contribution in [3.05, 3.63) is 47.2 Å². The number of aromatic nitrogens is 2. The van der Waals surface area contributed by atoms with Gasteiger partial charge in [-0.1, -0.05) is 0 Å². The molecule has 3 aromatic rings. The van der Waals surface area contributed by atoms with Crippen LogP contribution in [0.3, 0.4) is 0 Å². The fourth-order valence-corrected chi connectivity index (χ4v) is 3.76. The molecule has 3 heterocycles. The first-order valence-corrected chi connectivity index (χ1v) is 8.62. The molecule has 0 bridgehead atoms. The first-order chi connectivity index (χ1) is 11.2. The SMILES string of the molecule is Cc1cn2cc(C(=O)Nc3ccc(N4CCCC4)cc3)nc2s1. The molecule has 0 aliphatic carbocycles. The highest BCUT2D eigenvalue weighted by Crippen LogP contribution is 2.22. The van der Waals surface area contributed by atoms with Crippen molar-refractivity contribution >= 4 is 33.6 Å². The minimum absolute atomic E-state index is 0.174. The van der Waals surface area contributed by atoms with Crippen LogP contribution in [-0.2, 0) is 0 Å². The maximum Gasteiger partial charge on any atom is 0.275 e. The zero-order valence-electron chi connectivity index (χ0n) is 13.0. The molecule has 6 heteroatoms. The Morgan fingerprint density at radius 1 is 1.17 bits per heavy atom. The third-order valence-electron chi connectivity index (χ3n) is 4.10. The van der Waals surface area contributed by atoms with Gasteiger partial charge in [-0.15, -0.1) is 11.3 Å². The van der Waals surface area contributed by atoms with Crippen molar-refractivity contribution in [3.8, 4) is 0 Å². The fraction of sp³-hybridized carbons (Fsp3) is 0.294. The van der Waals surface area contributed by atoms with Crippen molar-refractivity contribution in [1.82, 2.24) is 9.38 Å². The summed E-state index contributed by atoms with van der Waals surface area (Å²) in [6, 6.07) is 8.04. The predicted octanol–water partition coefficient (Wildman–Crippen LogP) is 3.56. The van der Waals surface area contributed by atoms with E-state index in [0.29, 0.717) is 5.69 Å². The lowest BCUT2D eigenvalue weighted by Gasteiger charge is -2.17. The van der Waals surface area contributed by atoms with Crippen molar-refractivity contribution in [3.63, 3.8) is 0 Å². The van der Waals surface area contributed by atoms with Crippen LogP contribution in [0.1, 0.15) is 28.2 Å². The Morgan fingerprint density at radius 2 is 1.91 bits per heavy atom. The standard InChI is InChI=1S/C17H18N4OS/c1-12-10-21-11-15(19-17(21)23-12)16(22)18-13-4-6-14(7-5-13)20-8-2-3-9-20/h4-7,10-11H,2-3,8-9H2,1H3,(H,18,22). The Balaban J connectivity index is 1.48. The molecule has 5 nitrogen and oxygen atoms in total. The zero-order chi connectivity index (χ0) is 15.8. The second-order valence-electron chi connectivity index (χ2n) is 5.85. The third-order valence-corrected chi connectivity index (χ3v) is 5.01. The molecule has 1 fully saturated rings. The highest BCUT2D eigenvalue weighted by atomic mass is 32.1. The van der Waals surface area contributed by atoms with Crippen LogP contribution in [0.4, 0.5) is 11.4 Å². The first-order valence-electron chi connectivity index (χ1n) is 7.80. The molecule has 2 aromatic heterocycles. The Morgan fingerprint density at radius 3 is 2.61 bits per heavy atom. The van der Waals surface area contributed by atoms with Crippen molar-refractivity contribution in [1.29, 1.82) is 0 Å². The summed E-state index contributed by atoms with van der Waals surface area (Å²) in [5.41, 5.74) is 2.46. The second kappa shape index (κ2) is 5.70. The molecule has 1 aliphatic rings. The number of carbonyl (C=O) groups excluding carboxylic acids is 1. The number of anilines is 2. The van der Waals surface area contributed by atoms with Crippen LogP contribution in [0, 0.1) is 6.92 Å². The minimum Gasteiger partial charge on any atom is -0.372 e. The Hall–Kier alpha value is -2.34. The van der Waals surface area contributed by atoms with E-state index in [1.54, 1.807) is 17.5 Å². The number of hydrogen-bond donors (Lipinski definition) is 1. The number of nitrogens with zero attached hydrogens (tertiary/aromatic N) is 3. The highest BCUT2D eigenvalue weighted by molar-refractivity contribution is 7.17. The minimum atomic E-state index is -0.174. The van der Waals surface area contributed by atoms with Gasteiger partial charge >= 0.3 is 0 Å². The van der Waals surface area contributed by atoms with Gasteiger partial charge in [-0.05, 0) is 44.0 Å². The average Bonchev–Trinajstić information content (AvgIpc) is 3.23. The summed E-state index contributed by atoms with van der Waals surface area (Å²) < 4.78 is 1.89. The van der Waals surface area contributed by atoms with Gasteiger partial charge in [0.2, 0.25) is 0 Å². The molecule has 1 aliphatic heterocycles. The number of carbonyl (C=O) groups is 1. The number of hydrogen-bond acceptors (Lipinski definition) is 4. The number of rotatable bonds is 3. The highest BCUT2D eigenvalue weighted by Gasteiger charge is 2.14. The topological polar surface area (TPSA) is 49.6 Å². The van der Waals surface area contributed by atoms with E-state index in [2.05, 4.69) is 27.3 Å². The van der Waals surface area contributed by atoms with Gasteiger partial charge in [0.15, 0.2) is 4.96 Å². The average molecular weight is 326 g/mol. The smallest absolute Gasteiger partial charge is 0.275 e. The van der Waals surface area contributed by atoms with E-state index >= 15 is 0 Å². The predicted molar refractivity (Wildman–Crippen MR) is 93.6 cm³/mol. The molecular formula is C17H18N4OS. The summed E-state index contributed by atoms with van der Waals surface area (Å²) >= 11 is 1.58. The Labute approximate surface area is 138 Å². The van der Waals surface area contributed by atoms with E-state index in [1.165, 1.54) is 23.4 Å². The van der Waals surface area contributed by atoms with Crippen LogP contribution >= 0.6 is 11.3 Å². The molecule has 0 unspecified atom stereocenters. The summed E-state index contributed by atoms with van der Waals surface area (Å²) in [5, 5.41) is 2.91. The summed E-state index contributed by atoms with van der Waals surface area (Å²) in [4.78, 5) is 21.1. The molecule has 0 atom stereocenters. The summed E-state index contributed by atoms with van der Waals surface area (Å²) in [7, 11) is 0. The Bertz CT molecular complexity index is 812. The largest absolute Gasteiger partial charge is 0.372 e. The van der Waals surface area contributed by atoms with Crippen molar-refractivity contribution in [2.75, 3.05) is 23.3 Å². The molecule has 23 heavy (non-hydrogen) atoms. The van der Waals surface area contributed by atoms with Gasteiger partial charge in [-0.3, -0.25) is 9.20 Å². The Kier molecular flexibility index (Phi) is 3.53. The lowest BCUT2D eigenvalue weighted by Crippen LogP contribution is -2.17. The third kappa shape index (κ3) is 2.82. The number of amides is 1. The van der Waals surface area contributed by atoms with Crippen LogP contribution in [0.15, 0.2) is 36.7 Å². The molecule has 4 rings (SSSR count). The molecule has 1 amide bonds. The number of aryl methyl sites for hydroxylation is 1. The van der Waals surface area contributed by atoms with Gasteiger partial charge < -0.3 is 10.2 Å². The van der Waals surface area contributed by atoms with Crippen LogP contribution < -0.4 is 10.2 Å². The number of imidazole rings is 1. The van der Waals surface area contributed by atoms with Crippen molar-refractivity contribution in [2.24, 2.45) is 0 Å². The van der Waals surface area contributed by atoms with Crippen molar-refractivity contribution in [2.45, 2.75) is 19.8 Å². The number of thiazole rings is 1. The van der Waals surface area contributed by atoms with Gasteiger partial charge in [-0.2, -0.15) is 0 Å². The van der Waals surface area contributed by atoms with E-state index in [4.69, 9.17) is 0 Å². The van der Waals surface area contributed by atoms with Gasteiger partial charge in [0.1, 0.15) is 5.69 Å². The van der Waals surface area contributed by atoms with E-state index in [-0.39, 0.29) is 5.91 Å². The number of fused-ring (bicyclic) bond motifs is 1. The zero-order valence-corrected chi connectivity index (χ0v) is 13.8. The van der Waals surface area contributed by atoms with E-state index in [9.17, 15) is 4.79 Å². The molecule has 1 aromatic carbocycles. The first kappa shape index (κ1) is 14.3. The maximum absolute atomic E-state index is 12.3. The van der Waals surface area contributed by atoms with Crippen LogP contribution in [-0.4, -0.2) is 28.4 Å². The monoisotopic (exact) mass is 326 g/mol. The molecule has 0 radical (unpaired) electrons. The summed E-state index contributed by atoms with van der Waals surface area (Å²) in [6.07, 6.45) is 6.27. The van der Waals surface area contributed by atoms with Crippen LogP contribution in [0.5, 0.6) is 0 Å². The summed E-state index contributed by atoms with van der Waals surface area (Å²) in [5.74, 6) is -0.174. The quantitative estimate of drug-likeness (QED) is 0.801. The van der Waals surface area contributed by atoms with E-state index < -0.39 is 0 Å². The molecule has 0 spiro atoms. The van der Waals surface area contributed by atoms with Gasteiger partial charge in [0.25, 0.3) is 5.91 Å². The van der Waals surface area contributed by atoms with Crippen molar-refractivity contribution < 1.29 is 4.79 Å². The molecule has 1 saturated heterocycles. The van der Waals surface area contributed by atoms with E-state index in [1.807, 2.05) is 29.7 Å². The molecule has 118 valence electrons. The van der Waals surface area contributed by atoms with Gasteiger partial charge in [-0.25, -0.2) is 4.98 Å². The lowest BCUT2D eigenvalue weighted by atomic mass is 10.2. The van der Waals surface area contributed by atoms with Gasteiger partial charge in [0, 0.05) is 41.7 Å². The van der Waals surface area contributed by atoms with Crippen LogP contribution in [0.2, 0.25) is 0 Å². The lowest BCUT2D eigenvalue weighted by molar-refractivity contribution is 0.102. The number of nitrogens with one attached hydrogen (secondary N) is 1.